The Labute approximate surface area is 182 Å². The van der Waals surface area contributed by atoms with E-state index in [4.69, 9.17) is 0 Å². The molecule has 13 heteroatoms. The number of hydrogen-bond acceptors (Lipinski definition) is 5. The summed E-state index contributed by atoms with van der Waals surface area (Å²) < 4.78 is 41.5. The van der Waals surface area contributed by atoms with E-state index < -0.39 is 22.7 Å². The highest BCUT2D eigenvalue weighted by Crippen LogP contribution is 2.41. The van der Waals surface area contributed by atoms with Crippen molar-refractivity contribution in [2.45, 2.75) is 24.9 Å². The minimum atomic E-state index is -4.67. The van der Waals surface area contributed by atoms with E-state index in [1.54, 1.807) is 0 Å². The fourth-order valence-electron chi connectivity index (χ4n) is 2.86. The summed E-state index contributed by atoms with van der Waals surface area (Å²) in [6.07, 6.45) is -3.14. The molecule has 1 saturated carbocycles. The van der Waals surface area contributed by atoms with Gasteiger partial charge in [-0.15, -0.1) is 0 Å². The number of nitro benzene ring substituents is 1. The molecule has 1 fully saturated rings. The maximum absolute atomic E-state index is 13.5. The number of nitro groups is 1. The summed E-state index contributed by atoms with van der Waals surface area (Å²) in [5.41, 5.74) is -1.10. The largest absolute Gasteiger partial charge is 0.433 e. The van der Waals surface area contributed by atoms with E-state index in [2.05, 4.69) is 47.3 Å². The number of nitrogens with one attached hydrogen (secondary N) is 1. The van der Waals surface area contributed by atoms with E-state index >= 15 is 0 Å². The van der Waals surface area contributed by atoms with Gasteiger partial charge in [0.15, 0.2) is 11.3 Å². The van der Waals surface area contributed by atoms with Crippen LogP contribution in [0.1, 0.15) is 40.6 Å². The lowest BCUT2D eigenvalue weighted by Crippen LogP contribution is -2.16. The monoisotopic (exact) mass is 547 g/mol. The Balaban J connectivity index is 1.72. The van der Waals surface area contributed by atoms with Gasteiger partial charge in [-0.25, -0.2) is 9.50 Å². The van der Waals surface area contributed by atoms with Crippen molar-refractivity contribution in [3.8, 4) is 0 Å². The van der Waals surface area contributed by atoms with Crippen LogP contribution in [0.15, 0.2) is 33.2 Å². The normalized spacial score (nSPS) is 14.2. The summed E-state index contributed by atoms with van der Waals surface area (Å²) in [4.78, 5) is 27.2. The summed E-state index contributed by atoms with van der Waals surface area (Å²) >= 11 is 6.27. The van der Waals surface area contributed by atoms with Crippen LogP contribution in [0, 0.1) is 10.1 Å². The van der Waals surface area contributed by atoms with Gasteiger partial charge >= 0.3 is 6.18 Å². The number of carbonyl (C=O) groups excluding carboxylic acids is 1. The van der Waals surface area contributed by atoms with Crippen molar-refractivity contribution < 1.29 is 22.9 Å². The number of benzene rings is 1. The number of anilines is 1. The molecule has 0 aliphatic heterocycles. The molecule has 30 heavy (non-hydrogen) atoms. The standard InChI is InChI=1S/C17H10Br2F3N5O3/c18-9-3-8(27(29)30)4-10(19)15(9)24-16(28)12-6-14-23-11(7-1-2-7)5-13(17(20,21)22)26(14)25-12/h3-7H,1-2H2,(H,24,28). The molecule has 0 atom stereocenters. The molecule has 2 heterocycles. The lowest BCUT2D eigenvalue weighted by atomic mass is 10.2. The Bertz CT molecular complexity index is 1180. The van der Waals surface area contributed by atoms with Gasteiger partial charge in [0.05, 0.1) is 10.6 Å². The van der Waals surface area contributed by atoms with Gasteiger partial charge in [-0.05, 0) is 50.8 Å². The molecular formula is C17H10Br2F3N5O3. The number of aromatic nitrogens is 3. The molecule has 0 bridgehead atoms. The van der Waals surface area contributed by atoms with Crippen LogP contribution in [0.3, 0.4) is 0 Å². The number of fused-ring (bicyclic) bond motifs is 1. The summed E-state index contributed by atoms with van der Waals surface area (Å²) in [5.74, 6) is -0.813. The fraction of sp³-hybridized carbons (Fsp3) is 0.235. The second-order valence-electron chi connectivity index (χ2n) is 6.63. The summed E-state index contributed by atoms with van der Waals surface area (Å²) in [5, 5.41) is 17.2. The average Bonchev–Trinajstić information content (AvgIpc) is 3.41. The van der Waals surface area contributed by atoms with Crippen molar-refractivity contribution in [1.29, 1.82) is 0 Å². The molecule has 0 unspecified atom stereocenters. The van der Waals surface area contributed by atoms with E-state index in [9.17, 15) is 28.1 Å². The molecule has 0 radical (unpaired) electrons. The van der Waals surface area contributed by atoms with Crippen LogP contribution < -0.4 is 5.32 Å². The molecule has 1 aliphatic rings. The van der Waals surface area contributed by atoms with Crippen molar-refractivity contribution in [3.05, 3.63) is 60.4 Å². The maximum atomic E-state index is 13.5. The molecule has 8 nitrogen and oxygen atoms in total. The number of non-ortho nitro benzene ring substituents is 1. The van der Waals surface area contributed by atoms with Crippen LogP contribution in [-0.4, -0.2) is 25.4 Å². The van der Waals surface area contributed by atoms with Gasteiger partial charge in [0.25, 0.3) is 11.6 Å². The molecule has 1 aromatic carbocycles. The van der Waals surface area contributed by atoms with Crippen LogP contribution in [0.2, 0.25) is 0 Å². The average molecular weight is 549 g/mol. The smallest absolute Gasteiger partial charge is 0.319 e. The Kier molecular flexibility index (Phi) is 5.04. The number of hydrogen-bond donors (Lipinski definition) is 1. The van der Waals surface area contributed by atoms with Crippen LogP contribution in [0.4, 0.5) is 24.5 Å². The number of amides is 1. The number of rotatable bonds is 4. The highest BCUT2D eigenvalue weighted by molar-refractivity contribution is 9.11. The van der Waals surface area contributed by atoms with Gasteiger partial charge in [-0.3, -0.25) is 14.9 Å². The third-order valence-corrected chi connectivity index (χ3v) is 5.69. The van der Waals surface area contributed by atoms with E-state index in [0.29, 0.717) is 10.2 Å². The van der Waals surface area contributed by atoms with Crippen molar-refractivity contribution in [2.24, 2.45) is 0 Å². The van der Waals surface area contributed by atoms with Gasteiger partial charge in [0.2, 0.25) is 0 Å². The third-order valence-electron chi connectivity index (χ3n) is 4.44. The molecule has 1 aliphatic carbocycles. The highest BCUT2D eigenvalue weighted by atomic mass is 79.9. The number of carbonyl (C=O) groups is 1. The zero-order valence-corrected chi connectivity index (χ0v) is 17.9. The van der Waals surface area contributed by atoms with Crippen molar-refractivity contribution in [1.82, 2.24) is 14.6 Å². The zero-order chi connectivity index (χ0) is 21.8. The van der Waals surface area contributed by atoms with Crippen molar-refractivity contribution in [3.63, 3.8) is 0 Å². The Morgan fingerprint density at radius 2 is 1.83 bits per heavy atom. The van der Waals surface area contributed by atoms with Gasteiger partial charge < -0.3 is 5.32 Å². The lowest BCUT2D eigenvalue weighted by molar-refractivity contribution is -0.385. The molecule has 1 amide bonds. The quantitative estimate of drug-likeness (QED) is 0.351. The first-order chi connectivity index (χ1) is 14.0. The molecule has 1 N–H and O–H groups in total. The second-order valence-corrected chi connectivity index (χ2v) is 8.34. The summed E-state index contributed by atoms with van der Waals surface area (Å²) in [6.45, 7) is 0. The predicted molar refractivity (Wildman–Crippen MR) is 106 cm³/mol. The number of halogens is 5. The van der Waals surface area contributed by atoms with E-state index in [1.807, 2.05) is 0 Å². The maximum Gasteiger partial charge on any atom is 0.433 e. The predicted octanol–water partition coefficient (Wildman–Crippen LogP) is 5.31. The van der Waals surface area contributed by atoms with E-state index in [1.165, 1.54) is 18.2 Å². The van der Waals surface area contributed by atoms with Gasteiger partial charge in [0.1, 0.15) is 5.69 Å². The first-order valence-electron chi connectivity index (χ1n) is 8.47. The molecule has 0 saturated heterocycles. The molecular weight excluding hydrogens is 539 g/mol. The van der Waals surface area contributed by atoms with Crippen molar-refractivity contribution >= 4 is 54.8 Å². The van der Waals surface area contributed by atoms with Crippen LogP contribution in [0.25, 0.3) is 5.65 Å². The van der Waals surface area contributed by atoms with Crippen LogP contribution >= 0.6 is 31.9 Å². The van der Waals surface area contributed by atoms with E-state index in [-0.39, 0.29) is 37.6 Å². The fourth-order valence-corrected chi connectivity index (χ4v) is 4.22. The second kappa shape index (κ2) is 7.30. The Hall–Kier alpha value is -2.54. The van der Waals surface area contributed by atoms with Crippen molar-refractivity contribution in [2.75, 3.05) is 5.32 Å². The minimum Gasteiger partial charge on any atom is -0.319 e. The SMILES string of the molecule is O=C(Nc1c(Br)cc([N+](=O)[O-])cc1Br)c1cc2nc(C3CC3)cc(C(F)(F)F)n2n1. The Morgan fingerprint density at radius 1 is 1.20 bits per heavy atom. The van der Waals surface area contributed by atoms with Gasteiger partial charge in [-0.2, -0.15) is 18.3 Å². The number of nitrogens with zero attached hydrogens (tertiary/aromatic N) is 4. The number of alkyl halides is 3. The topological polar surface area (TPSA) is 102 Å². The summed E-state index contributed by atoms with van der Waals surface area (Å²) in [7, 11) is 0. The molecule has 2 aromatic heterocycles. The zero-order valence-electron chi connectivity index (χ0n) is 14.7. The van der Waals surface area contributed by atoms with E-state index in [0.717, 1.165) is 18.9 Å². The van der Waals surface area contributed by atoms with Gasteiger partial charge in [0, 0.05) is 38.8 Å². The minimum absolute atomic E-state index is 0.0182. The van der Waals surface area contributed by atoms with Crippen LogP contribution in [-0.2, 0) is 6.18 Å². The molecule has 3 aromatic rings. The summed E-state index contributed by atoms with van der Waals surface area (Å²) in [6, 6.07) is 4.51. The van der Waals surface area contributed by atoms with Gasteiger partial charge in [-0.1, -0.05) is 0 Å². The molecule has 156 valence electrons. The molecule has 4 rings (SSSR count). The molecule has 0 spiro atoms. The first kappa shape index (κ1) is 20.7. The third kappa shape index (κ3) is 3.90. The Morgan fingerprint density at radius 3 is 2.37 bits per heavy atom. The highest BCUT2D eigenvalue weighted by Gasteiger charge is 2.37. The lowest BCUT2D eigenvalue weighted by Gasteiger charge is -2.10. The first-order valence-corrected chi connectivity index (χ1v) is 10.1. The van der Waals surface area contributed by atoms with Crippen LogP contribution in [0.5, 0.6) is 0 Å².